The Bertz CT molecular complexity index is 632. The van der Waals surface area contributed by atoms with E-state index in [0.717, 1.165) is 31.6 Å². The van der Waals surface area contributed by atoms with E-state index in [1.54, 1.807) is 7.11 Å². The number of rotatable bonds is 7. The second-order valence-corrected chi connectivity index (χ2v) is 8.33. The van der Waals surface area contributed by atoms with Gasteiger partial charge in [0.15, 0.2) is 0 Å². The SMILES string of the molecule is COCCNC(=O)c1ccccc1N1CCC(NC(=O)CC(C)(C)C)CC1. The van der Waals surface area contributed by atoms with Crippen LogP contribution in [0.5, 0.6) is 0 Å². The zero-order chi connectivity index (χ0) is 19.9. The molecule has 0 radical (unpaired) electrons. The van der Waals surface area contributed by atoms with Crippen LogP contribution < -0.4 is 15.5 Å². The van der Waals surface area contributed by atoms with Gasteiger partial charge < -0.3 is 20.3 Å². The van der Waals surface area contributed by atoms with Gasteiger partial charge in [0.25, 0.3) is 5.91 Å². The van der Waals surface area contributed by atoms with Gasteiger partial charge in [-0.15, -0.1) is 0 Å². The predicted octanol–water partition coefficient (Wildman–Crippen LogP) is 2.58. The highest BCUT2D eigenvalue weighted by Gasteiger charge is 2.25. The molecule has 6 nitrogen and oxygen atoms in total. The van der Waals surface area contributed by atoms with Crippen LogP contribution in [0, 0.1) is 5.41 Å². The molecule has 1 heterocycles. The third-order valence-electron chi connectivity index (χ3n) is 4.63. The maximum atomic E-state index is 12.5. The van der Waals surface area contributed by atoms with E-state index in [9.17, 15) is 9.59 Å². The summed E-state index contributed by atoms with van der Waals surface area (Å²) in [5.74, 6) is 0.0436. The van der Waals surface area contributed by atoms with E-state index >= 15 is 0 Å². The lowest BCUT2D eigenvalue weighted by Crippen LogP contribution is -2.45. The Kier molecular flexibility index (Phi) is 7.66. The van der Waals surface area contributed by atoms with Gasteiger partial charge in [0.2, 0.25) is 5.91 Å². The van der Waals surface area contributed by atoms with Gasteiger partial charge >= 0.3 is 0 Å². The summed E-state index contributed by atoms with van der Waals surface area (Å²) >= 11 is 0. The molecule has 2 N–H and O–H groups in total. The summed E-state index contributed by atoms with van der Waals surface area (Å²) < 4.78 is 4.99. The lowest BCUT2D eigenvalue weighted by atomic mass is 9.91. The van der Waals surface area contributed by atoms with Crippen LogP contribution in [0.1, 0.15) is 50.4 Å². The summed E-state index contributed by atoms with van der Waals surface area (Å²) in [6, 6.07) is 7.89. The fourth-order valence-corrected chi connectivity index (χ4v) is 3.33. The third kappa shape index (κ3) is 6.86. The Morgan fingerprint density at radius 3 is 2.48 bits per heavy atom. The third-order valence-corrected chi connectivity index (χ3v) is 4.63. The quantitative estimate of drug-likeness (QED) is 0.719. The van der Waals surface area contributed by atoms with Crippen molar-refractivity contribution in [3.05, 3.63) is 29.8 Å². The lowest BCUT2D eigenvalue weighted by Gasteiger charge is -2.35. The van der Waals surface area contributed by atoms with Crippen molar-refractivity contribution >= 4 is 17.5 Å². The molecule has 6 heteroatoms. The molecule has 2 amide bonds. The molecule has 27 heavy (non-hydrogen) atoms. The average molecular weight is 376 g/mol. The van der Waals surface area contributed by atoms with Crippen molar-refractivity contribution in [2.75, 3.05) is 38.3 Å². The van der Waals surface area contributed by atoms with Crippen LogP contribution in [0.4, 0.5) is 5.69 Å². The lowest BCUT2D eigenvalue weighted by molar-refractivity contribution is -0.123. The smallest absolute Gasteiger partial charge is 0.253 e. The standard InChI is InChI=1S/C21H33N3O3/c1-21(2,3)15-19(25)23-16-9-12-24(13-10-16)18-8-6-5-7-17(18)20(26)22-11-14-27-4/h5-8,16H,9-15H2,1-4H3,(H,22,26)(H,23,25). The second kappa shape index (κ2) is 9.74. The minimum Gasteiger partial charge on any atom is -0.383 e. The second-order valence-electron chi connectivity index (χ2n) is 8.33. The van der Waals surface area contributed by atoms with E-state index in [1.807, 2.05) is 24.3 Å². The zero-order valence-corrected chi connectivity index (χ0v) is 17.0. The van der Waals surface area contributed by atoms with Crippen molar-refractivity contribution in [3.8, 4) is 0 Å². The Balaban J connectivity index is 1.92. The number of methoxy groups -OCH3 is 1. The van der Waals surface area contributed by atoms with Gasteiger partial charge in [-0.2, -0.15) is 0 Å². The van der Waals surface area contributed by atoms with Crippen molar-refractivity contribution in [3.63, 3.8) is 0 Å². The summed E-state index contributed by atoms with van der Waals surface area (Å²) in [6.45, 7) is 8.85. The van der Waals surface area contributed by atoms with Gasteiger partial charge in [0.05, 0.1) is 12.2 Å². The molecule has 0 aliphatic carbocycles. The molecule has 0 atom stereocenters. The summed E-state index contributed by atoms with van der Waals surface area (Å²) in [5.41, 5.74) is 1.63. The Morgan fingerprint density at radius 1 is 1.19 bits per heavy atom. The summed E-state index contributed by atoms with van der Waals surface area (Å²) in [6.07, 6.45) is 2.31. The first kappa shape index (κ1) is 21.2. The topological polar surface area (TPSA) is 70.7 Å². The Morgan fingerprint density at radius 2 is 1.85 bits per heavy atom. The van der Waals surface area contributed by atoms with Crippen LogP contribution in [0.2, 0.25) is 0 Å². The van der Waals surface area contributed by atoms with E-state index in [0.29, 0.717) is 25.1 Å². The molecule has 0 spiro atoms. The molecule has 1 aromatic rings. The number of piperidine rings is 1. The van der Waals surface area contributed by atoms with Crippen molar-refractivity contribution < 1.29 is 14.3 Å². The average Bonchev–Trinajstić information content (AvgIpc) is 2.61. The molecule has 1 aliphatic heterocycles. The fourth-order valence-electron chi connectivity index (χ4n) is 3.33. The molecule has 1 aliphatic rings. The van der Waals surface area contributed by atoms with E-state index in [-0.39, 0.29) is 23.3 Å². The van der Waals surface area contributed by atoms with Crippen LogP contribution in [0.15, 0.2) is 24.3 Å². The Hall–Kier alpha value is -2.08. The fraction of sp³-hybridized carbons (Fsp3) is 0.619. The molecule has 1 saturated heterocycles. The normalized spacial score (nSPS) is 15.5. The van der Waals surface area contributed by atoms with Gasteiger partial charge in [-0.3, -0.25) is 9.59 Å². The number of nitrogens with zero attached hydrogens (tertiary/aromatic N) is 1. The number of ether oxygens (including phenoxy) is 1. The molecule has 2 rings (SSSR count). The minimum atomic E-state index is -0.0803. The van der Waals surface area contributed by atoms with Gasteiger partial charge in [-0.05, 0) is 30.4 Å². The first-order valence-electron chi connectivity index (χ1n) is 9.70. The molecule has 0 bridgehead atoms. The molecule has 1 fully saturated rings. The molecule has 0 unspecified atom stereocenters. The predicted molar refractivity (Wildman–Crippen MR) is 108 cm³/mol. The van der Waals surface area contributed by atoms with Crippen LogP contribution in [-0.4, -0.2) is 51.2 Å². The minimum absolute atomic E-state index is 0.0000962. The van der Waals surface area contributed by atoms with Crippen molar-refractivity contribution in [1.82, 2.24) is 10.6 Å². The first-order valence-corrected chi connectivity index (χ1v) is 9.70. The van der Waals surface area contributed by atoms with Crippen LogP contribution in [0.3, 0.4) is 0 Å². The molecular weight excluding hydrogens is 342 g/mol. The van der Waals surface area contributed by atoms with Crippen molar-refractivity contribution in [2.45, 2.75) is 46.1 Å². The number of para-hydroxylation sites is 1. The molecule has 0 aromatic heterocycles. The van der Waals surface area contributed by atoms with E-state index in [2.05, 4.69) is 36.3 Å². The van der Waals surface area contributed by atoms with E-state index < -0.39 is 0 Å². The molecule has 0 saturated carbocycles. The number of amides is 2. The van der Waals surface area contributed by atoms with Gasteiger partial charge in [-0.1, -0.05) is 32.9 Å². The van der Waals surface area contributed by atoms with Gasteiger partial charge in [0.1, 0.15) is 0 Å². The van der Waals surface area contributed by atoms with Gasteiger partial charge in [-0.25, -0.2) is 0 Å². The van der Waals surface area contributed by atoms with E-state index in [1.165, 1.54) is 0 Å². The van der Waals surface area contributed by atoms with Gasteiger partial charge in [0, 0.05) is 44.9 Å². The number of anilines is 1. The first-order chi connectivity index (χ1) is 12.8. The number of carbonyl (C=O) groups excluding carboxylic acids is 2. The summed E-state index contributed by atoms with van der Waals surface area (Å²) in [7, 11) is 1.62. The highest BCUT2D eigenvalue weighted by molar-refractivity contribution is 5.99. The van der Waals surface area contributed by atoms with Crippen molar-refractivity contribution in [1.29, 1.82) is 0 Å². The van der Waals surface area contributed by atoms with E-state index in [4.69, 9.17) is 4.74 Å². The zero-order valence-electron chi connectivity index (χ0n) is 17.0. The summed E-state index contributed by atoms with van der Waals surface area (Å²) in [5, 5.41) is 6.05. The van der Waals surface area contributed by atoms with Crippen LogP contribution in [0.25, 0.3) is 0 Å². The summed E-state index contributed by atoms with van der Waals surface area (Å²) in [4.78, 5) is 26.9. The molecular formula is C21H33N3O3. The number of nitrogens with one attached hydrogen (secondary N) is 2. The monoisotopic (exact) mass is 375 g/mol. The molecule has 1 aromatic carbocycles. The number of benzene rings is 1. The highest BCUT2D eigenvalue weighted by Crippen LogP contribution is 2.25. The maximum Gasteiger partial charge on any atom is 0.253 e. The van der Waals surface area contributed by atoms with Crippen LogP contribution >= 0.6 is 0 Å². The maximum absolute atomic E-state index is 12.5. The van der Waals surface area contributed by atoms with Crippen molar-refractivity contribution in [2.24, 2.45) is 5.41 Å². The highest BCUT2D eigenvalue weighted by atomic mass is 16.5. The Labute approximate surface area is 162 Å². The number of carbonyl (C=O) groups is 2. The number of hydrogen-bond donors (Lipinski definition) is 2. The van der Waals surface area contributed by atoms with Crippen LogP contribution in [-0.2, 0) is 9.53 Å². The number of hydrogen-bond acceptors (Lipinski definition) is 4. The largest absolute Gasteiger partial charge is 0.383 e. The molecule has 150 valence electrons.